The van der Waals surface area contributed by atoms with E-state index in [0.29, 0.717) is 42.4 Å². The number of aromatic nitrogens is 7. The van der Waals surface area contributed by atoms with Crippen LogP contribution in [0.5, 0.6) is 0 Å². The zero-order chi connectivity index (χ0) is 27.2. The molecule has 4 aromatic heterocycles. The van der Waals surface area contributed by atoms with Crippen molar-refractivity contribution in [2.24, 2.45) is 0 Å². The van der Waals surface area contributed by atoms with Crippen LogP contribution in [0.25, 0.3) is 11.2 Å². The van der Waals surface area contributed by atoms with Gasteiger partial charge >= 0.3 is 0 Å². The Labute approximate surface area is 229 Å². The van der Waals surface area contributed by atoms with Crippen molar-refractivity contribution in [3.63, 3.8) is 0 Å². The molecular formula is C25H29N9O3S2. The fraction of sp³-hybridized carbons (Fsp3) is 0.320. The van der Waals surface area contributed by atoms with Crippen molar-refractivity contribution in [2.45, 2.75) is 49.5 Å². The Balaban J connectivity index is 1.32. The summed E-state index contributed by atoms with van der Waals surface area (Å²) in [4.78, 5) is 17.7. The maximum absolute atomic E-state index is 12.7. The van der Waals surface area contributed by atoms with Gasteiger partial charge in [0.1, 0.15) is 16.9 Å². The molecule has 204 valence electrons. The average Bonchev–Trinajstić information content (AvgIpc) is 3.73. The summed E-state index contributed by atoms with van der Waals surface area (Å²) in [6.07, 6.45) is 6.27. The summed E-state index contributed by atoms with van der Waals surface area (Å²) >= 11 is 1.17. The van der Waals surface area contributed by atoms with Crippen LogP contribution in [0.3, 0.4) is 0 Å². The quantitative estimate of drug-likeness (QED) is 0.193. The molecule has 5 rings (SSSR count). The first-order valence-electron chi connectivity index (χ1n) is 12.5. The maximum Gasteiger partial charge on any atom is 0.293 e. The molecule has 0 aliphatic rings. The van der Waals surface area contributed by atoms with E-state index in [4.69, 9.17) is 4.98 Å². The Morgan fingerprint density at radius 3 is 2.72 bits per heavy atom. The Bertz CT molecular complexity index is 1610. The lowest BCUT2D eigenvalue weighted by Crippen LogP contribution is -2.24. The van der Waals surface area contributed by atoms with Crippen molar-refractivity contribution in [1.82, 2.24) is 33.7 Å². The third-order valence-corrected chi connectivity index (χ3v) is 9.20. The molecule has 1 atom stereocenters. The number of aryl methyl sites for hydroxylation is 2. The van der Waals surface area contributed by atoms with Gasteiger partial charge in [-0.3, -0.25) is 0 Å². The highest BCUT2D eigenvalue weighted by Gasteiger charge is 2.20. The Hall–Kier alpha value is -3.88. The first kappa shape index (κ1) is 26.7. The summed E-state index contributed by atoms with van der Waals surface area (Å²) in [5.74, 6) is 1.03. The largest absolute Gasteiger partial charge is 0.394 e. The summed E-state index contributed by atoms with van der Waals surface area (Å²) in [5, 5.41) is 21.9. The van der Waals surface area contributed by atoms with Crippen LogP contribution < -0.4 is 10.6 Å². The lowest BCUT2D eigenvalue weighted by Gasteiger charge is -2.15. The van der Waals surface area contributed by atoms with E-state index in [1.165, 1.54) is 24.0 Å². The van der Waals surface area contributed by atoms with E-state index in [9.17, 15) is 13.5 Å². The van der Waals surface area contributed by atoms with E-state index in [1.54, 1.807) is 12.4 Å². The average molecular weight is 568 g/mol. The molecule has 39 heavy (non-hydrogen) atoms. The van der Waals surface area contributed by atoms with E-state index in [-0.39, 0.29) is 16.9 Å². The van der Waals surface area contributed by atoms with Gasteiger partial charge in [-0.25, -0.2) is 9.97 Å². The van der Waals surface area contributed by atoms with E-state index in [1.807, 2.05) is 47.2 Å². The first-order valence-corrected chi connectivity index (χ1v) is 14.9. The second-order valence-corrected chi connectivity index (χ2v) is 11.9. The maximum atomic E-state index is 12.7. The number of aliphatic hydroxyl groups excluding tert-OH is 1. The highest BCUT2D eigenvalue weighted by molar-refractivity contribution is 7.91. The Kier molecular flexibility index (Phi) is 8.14. The van der Waals surface area contributed by atoms with E-state index in [2.05, 4.69) is 30.7 Å². The number of hydrogen-bond acceptors (Lipinski definition) is 11. The molecule has 0 saturated carbocycles. The fourth-order valence-corrected chi connectivity index (χ4v) is 6.39. The highest BCUT2D eigenvalue weighted by atomic mass is 32.2. The summed E-state index contributed by atoms with van der Waals surface area (Å²) < 4.78 is 28.4. The second-order valence-electron chi connectivity index (χ2n) is 8.93. The van der Waals surface area contributed by atoms with Gasteiger partial charge < -0.3 is 20.3 Å². The summed E-state index contributed by atoms with van der Waals surface area (Å²) in [6, 6.07) is 11.5. The highest BCUT2D eigenvalue weighted by Crippen LogP contribution is 2.25. The molecule has 0 spiro atoms. The number of aliphatic hydroxyl groups is 1. The third kappa shape index (κ3) is 6.08. The van der Waals surface area contributed by atoms with E-state index in [0.717, 1.165) is 28.1 Å². The van der Waals surface area contributed by atoms with Crippen LogP contribution >= 0.6 is 11.3 Å². The number of rotatable bonds is 13. The first-order chi connectivity index (χ1) is 19.0. The van der Waals surface area contributed by atoms with Gasteiger partial charge in [-0.15, -0.1) is 20.5 Å². The molecule has 0 radical (unpaired) electrons. The summed E-state index contributed by atoms with van der Waals surface area (Å²) in [6.45, 7) is 3.16. The standard InChI is InChI=1S/C25H29N9O3S2/c1-2-20(13-35)30-25-31-23(27-12-18-7-4-3-5-8-18)22-24(32-25)33(17-28-22)10-6-9-19-11-21(38-14-19)39(36,37)34-16-26-15-29-34/h3-5,7-8,11,14-17,20,35H,2,6,9-10,12-13H2,1H3,(H2,27,30,31,32)/t20-/m1/s1. The number of hydrogen-bond donors (Lipinski definition) is 3. The molecule has 3 N–H and O–H groups in total. The van der Waals surface area contributed by atoms with Crippen molar-refractivity contribution in [2.75, 3.05) is 17.2 Å². The van der Waals surface area contributed by atoms with Crippen LogP contribution in [0.1, 0.15) is 30.9 Å². The van der Waals surface area contributed by atoms with Gasteiger partial charge in [0.2, 0.25) is 5.95 Å². The van der Waals surface area contributed by atoms with Gasteiger partial charge in [0, 0.05) is 13.1 Å². The van der Waals surface area contributed by atoms with Crippen LogP contribution in [0.15, 0.2) is 65.0 Å². The van der Waals surface area contributed by atoms with Gasteiger partial charge in [-0.05, 0) is 41.8 Å². The van der Waals surface area contributed by atoms with Crippen molar-refractivity contribution < 1.29 is 13.5 Å². The minimum Gasteiger partial charge on any atom is -0.394 e. The minimum atomic E-state index is -3.72. The number of anilines is 2. The zero-order valence-electron chi connectivity index (χ0n) is 21.3. The molecule has 0 aliphatic heterocycles. The lowest BCUT2D eigenvalue weighted by molar-refractivity contribution is 0.271. The molecule has 14 heteroatoms. The topological polar surface area (TPSA) is 153 Å². The van der Waals surface area contributed by atoms with E-state index >= 15 is 0 Å². The summed E-state index contributed by atoms with van der Waals surface area (Å²) in [5.41, 5.74) is 3.38. The second kappa shape index (κ2) is 11.9. The zero-order valence-corrected chi connectivity index (χ0v) is 22.9. The monoisotopic (exact) mass is 567 g/mol. The predicted octanol–water partition coefficient (Wildman–Crippen LogP) is 3.14. The molecule has 0 bridgehead atoms. The molecule has 0 unspecified atom stereocenters. The van der Waals surface area contributed by atoms with Crippen molar-refractivity contribution in [3.8, 4) is 0 Å². The van der Waals surface area contributed by atoms with Crippen LogP contribution in [-0.2, 0) is 29.5 Å². The van der Waals surface area contributed by atoms with Crippen LogP contribution in [-0.4, -0.2) is 59.9 Å². The normalized spacial score (nSPS) is 12.6. The van der Waals surface area contributed by atoms with E-state index < -0.39 is 10.0 Å². The molecule has 5 aromatic rings. The van der Waals surface area contributed by atoms with Crippen LogP contribution in [0.4, 0.5) is 11.8 Å². The Morgan fingerprint density at radius 1 is 1.13 bits per heavy atom. The minimum absolute atomic E-state index is 0.0286. The van der Waals surface area contributed by atoms with Gasteiger partial charge in [0.15, 0.2) is 17.0 Å². The molecule has 4 heterocycles. The number of imidazole rings is 1. The molecule has 12 nitrogen and oxygen atoms in total. The molecule has 1 aromatic carbocycles. The smallest absolute Gasteiger partial charge is 0.293 e. The lowest BCUT2D eigenvalue weighted by atomic mass is 10.2. The summed E-state index contributed by atoms with van der Waals surface area (Å²) in [7, 11) is -3.72. The van der Waals surface area contributed by atoms with Crippen LogP contribution in [0, 0.1) is 0 Å². The SMILES string of the molecule is CC[C@H](CO)Nc1nc(NCc2ccccc2)c2ncn(CCCc3csc(S(=O)(=O)n4cncn4)c3)c2n1. The Morgan fingerprint density at radius 2 is 1.97 bits per heavy atom. The van der Waals surface area contributed by atoms with Gasteiger partial charge in [-0.1, -0.05) is 37.3 Å². The molecule has 0 saturated heterocycles. The van der Waals surface area contributed by atoms with Crippen molar-refractivity contribution >= 4 is 44.3 Å². The van der Waals surface area contributed by atoms with Gasteiger partial charge in [0.25, 0.3) is 10.0 Å². The fourth-order valence-electron chi connectivity index (χ4n) is 4.02. The number of nitrogens with one attached hydrogen (secondary N) is 2. The molecule has 0 fully saturated rings. The van der Waals surface area contributed by atoms with Crippen LogP contribution in [0.2, 0.25) is 0 Å². The van der Waals surface area contributed by atoms with Gasteiger partial charge in [0.05, 0.1) is 19.0 Å². The number of thiophene rings is 1. The molecule has 0 aliphatic carbocycles. The predicted molar refractivity (Wildman–Crippen MR) is 149 cm³/mol. The third-order valence-electron chi connectivity index (χ3n) is 6.21. The number of fused-ring (bicyclic) bond motifs is 1. The molecule has 0 amide bonds. The number of benzene rings is 1. The van der Waals surface area contributed by atoms with Crippen molar-refractivity contribution in [1.29, 1.82) is 0 Å². The van der Waals surface area contributed by atoms with Gasteiger partial charge in [-0.2, -0.15) is 18.4 Å². The van der Waals surface area contributed by atoms with Crippen molar-refractivity contribution in [3.05, 3.63) is 71.9 Å². The number of nitrogens with zero attached hydrogens (tertiary/aromatic N) is 7. The molecular weight excluding hydrogens is 538 g/mol.